The van der Waals surface area contributed by atoms with Crippen LogP contribution in [0.15, 0.2) is 18.3 Å². The molecule has 4 heteroatoms. The average molecular weight is 210 g/mol. The molecule has 2 N–H and O–H groups in total. The van der Waals surface area contributed by atoms with Gasteiger partial charge in [-0.05, 0) is 37.8 Å². The number of nitrogens with zero attached hydrogens (tertiary/aromatic N) is 1. The molecule has 82 valence electrons. The van der Waals surface area contributed by atoms with Gasteiger partial charge in [-0.15, -0.1) is 0 Å². The van der Waals surface area contributed by atoms with Crippen LogP contribution in [0.25, 0.3) is 0 Å². The smallest absolute Gasteiger partial charge is 0.141 e. The van der Waals surface area contributed by atoms with E-state index in [9.17, 15) is 9.50 Å². The lowest BCUT2D eigenvalue weighted by molar-refractivity contribution is 0.126. The second kappa shape index (κ2) is 4.57. The van der Waals surface area contributed by atoms with Crippen LogP contribution in [0.3, 0.4) is 0 Å². The molecule has 1 aliphatic carbocycles. The fourth-order valence-corrected chi connectivity index (χ4v) is 1.89. The summed E-state index contributed by atoms with van der Waals surface area (Å²) >= 11 is 0. The molecule has 0 unspecified atom stereocenters. The number of hydrogen-bond acceptors (Lipinski definition) is 3. The van der Waals surface area contributed by atoms with Crippen LogP contribution < -0.4 is 5.32 Å². The third kappa shape index (κ3) is 2.89. The first-order valence-corrected chi connectivity index (χ1v) is 5.30. The van der Waals surface area contributed by atoms with E-state index in [0.717, 1.165) is 25.7 Å². The van der Waals surface area contributed by atoms with E-state index < -0.39 is 0 Å². The van der Waals surface area contributed by atoms with Gasteiger partial charge >= 0.3 is 0 Å². The number of aliphatic hydroxyl groups is 1. The molecule has 0 aliphatic heterocycles. The lowest BCUT2D eigenvalue weighted by atomic mass is 9.93. The Labute approximate surface area is 88.3 Å². The van der Waals surface area contributed by atoms with Gasteiger partial charge in [0.15, 0.2) is 0 Å². The van der Waals surface area contributed by atoms with Gasteiger partial charge in [0.25, 0.3) is 0 Å². The van der Waals surface area contributed by atoms with Gasteiger partial charge in [0, 0.05) is 6.04 Å². The molecule has 0 aromatic carbocycles. The summed E-state index contributed by atoms with van der Waals surface area (Å²) in [6.07, 6.45) is 4.61. The van der Waals surface area contributed by atoms with Crippen LogP contribution in [0.4, 0.5) is 10.2 Å². The second-order valence-corrected chi connectivity index (χ2v) is 4.01. The highest BCUT2D eigenvalue weighted by Gasteiger charge is 2.19. The number of pyridine rings is 1. The predicted octanol–water partition coefficient (Wildman–Crippen LogP) is 1.94. The molecule has 1 aliphatic rings. The largest absolute Gasteiger partial charge is 0.393 e. The van der Waals surface area contributed by atoms with Crippen molar-refractivity contribution in [3.63, 3.8) is 0 Å². The topological polar surface area (TPSA) is 45.1 Å². The number of hydrogen-bond donors (Lipinski definition) is 2. The van der Waals surface area contributed by atoms with Crippen LogP contribution in [0.5, 0.6) is 0 Å². The number of aromatic nitrogens is 1. The Morgan fingerprint density at radius 1 is 1.27 bits per heavy atom. The summed E-state index contributed by atoms with van der Waals surface area (Å²) in [5, 5.41) is 12.6. The van der Waals surface area contributed by atoms with Gasteiger partial charge in [-0.2, -0.15) is 0 Å². The van der Waals surface area contributed by atoms with Gasteiger partial charge in [0.1, 0.15) is 11.6 Å². The SMILES string of the molecule is OC1CCC(Nc2ccc(F)cn2)CC1. The van der Waals surface area contributed by atoms with E-state index in [1.54, 1.807) is 6.07 Å². The monoisotopic (exact) mass is 210 g/mol. The highest BCUT2D eigenvalue weighted by Crippen LogP contribution is 2.21. The Kier molecular flexibility index (Phi) is 3.16. The molecule has 0 atom stereocenters. The quantitative estimate of drug-likeness (QED) is 0.784. The first-order valence-electron chi connectivity index (χ1n) is 5.30. The third-order valence-electron chi connectivity index (χ3n) is 2.78. The number of halogens is 1. The first-order chi connectivity index (χ1) is 7.24. The molecule has 1 aromatic heterocycles. The maximum absolute atomic E-state index is 12.6. The van der Waals surface area contributed by atoms with Crippen molar-refractivity contribution in [1.82, 2.24) is 4.98 Å². The number of anilines is 1. The lowest BCUT2D eigenvalue weighted by Gasteiger charge is -2.26. The van der Waals surface area contributed by atoms with Crippen LogP contribution in [0.2, 0.25) is 0 Å². The van der Waals surface area contributed by atoms with Gasteiger partial charge in [0.05, 0.1) is 12.3 Å². The van der Waals surface area contributed by atoms with Crippen molar-refractivity contribution in [3.8, 4) is 0 Å². The van der Waals surface area contributed by atoms with Crippen LogP contribution >= 0.6 is 0 Å². The van der Waals surface area contributed by atoms with Crippen molar-refractivity contribution < 1.29 is 9.50 Å². The number of rotatable bonds is 2. The summed E-state index contributed by atoms with van der Waals surface area (Å²) in [6.45, 7) is 0. The minimum atomic E-state index is -0.320. The van der Waals surface area contributed by atoms with Crippen LogP contribution in [0, 0.1) is 5.82 Å². The molecular weight excluding hydrogens is 195 g/mol. The summed E-state index contributed by atoms with van der Waals surface area (Å²) in [5.74, 6) is 0.386. The van der Waals surface area contributed by atoms with E-state index in [1.165, 1.54) is 12.3 Å². The van der Waals surface area contributed by atoms with Gasteiger partial charge in [-0.3, -0.25) is 0 Å². The molecule has 3 nitrogen and oxygen atoms in total. The van der Waals surface area contributed by atoms with Crippen LogP contribution in [0.1, 0.15) is 25.7 Å². The summed E-state index contributed by atoms with van der Waals surface area (Å²) in [5.41, 5.74) is 0. The molecule has 0 saturated heterocycles. The van der Waals surface area contributed by atoms with Crippen LogP contribution in [-0.4, -0.2) is 22.2 Å². The molecular formula is C11H15FN2O. The zero-order valence-electron chi connectivity index (χ0n) is 8.49. The Morgan fingerprint density at radius 3 is 2.60 bits per heavy atom. The molecule has 1 saturated carbocycles. The summed E-state index contributed by atoms with van der Waals surface area (Å²) < 4.78 is 12.6. The lowest BCUT2D eigenvalue weighted by Crippen LogP contribution is -2.28. The van der Waals surface area contributed by atoms with Gasteiger partial charge in [0.2, 0.25) is 0 Å². The molecule has 1 aromatic rings. The minimum Gasteiger partial charge on any atom is -0.393 e. The van der Waals surface area contributed by atoms with Crippen LogP contribution in [-0.2, 0) is 0 Å². The Bertz CT molecular complexity index is 307. The number of nitrogens with one attached hydrogen (secondary N) is 1. The van der Waals surface area contributed by atoms with E-state index in [1.807, 2.05) is 0 Å². The fourth-order valence-electron chi connectivity index (χ4n) is 1.89. The second-order valence-electron chi connectivity index (χ2n) is 4.01. The molecule has 0 radical (unpaired) electrons. The van der Waals surface area contributed by atoms with Gasteiger partial charge < -0.3 is 10.4 Å². The third-order valence-corrected chi connectivity index (χ3v) is 2.78. The van der Waals surface area contributed by atoms with Crippen molar-refractivity contribution in [2.45, 2.75) is 37.8 Å². The zero-order chi connectivity index (χ0) is 10.7. The van der Waals surface area contributed by atoms with E-state index in [-0.39, 0.29) is 11.9 Å². The van der Waals surface area contributed by atoms with E-state index >= 15 is 0 Å². The highest BCUT2D eigenvalue weighted by molar-refractivity contribution is 5.34. The first kappa shape index (κ1) is 10.4. The normalized spacial score (nSPS) is 26.3. The predicted molar refractivity (Wildman–Crippen MR) is 56.1 cm³/mol. The Morgan fingerprint density at radius 2 is 2.00 bits per heavy atom. The van der Waals surface area contributed by atoms with Crippen molar-refractivity contribution in [2.75, 3.05) is 5.32 Å². The van der Waals surface area contributed by atoms with Crippen molar-refractivity contribution in [1.29, 1.82) is 0 Å². The average Bonchev–Trinajstić information content (AvgIpc) is 2.25. The Balaban J connectivity index is 1.89. The molecule has 1 heterocycles. The summed E-state index contributed by atoms with van der Waals surface area (Å²) in [4.78, 5) is 3.94. The molecule has 0 spiro atoms. The standard InChI is InChI=1S/C11H15FN2O/c12-8-1-6-11(13-7-8)14-9-2-4-10(15)5-3-9/h1,6-7,9-10,15H,2-5H2,(H,13,14). The number of aliphatic hydroxyl groups excluding tert-OH is 1. The van der Waals surface area contributed by atoms with Gasteiger partial charge in [-0.1, -0.05) is 0 Å². The Hall–Kier alpha value is -1.16. The summed E-state index contributed by atoms with van der Waals surface area (Å²) in [6, 6.07) is 3.39. The molecule has 0 bridgehead atoms. The van der Waals surface area contributed by atoms with E-state index in [4.69, 9.17) is 0 Å². The van der Waals surface area contributed by atoms with Crippen molar-refractivity contribution >= 4 is 5.82 Å². The van der Waals surface area contributed by atoms with Crippen molar-refractivity contribution in [3.05, 3.63) is 24.1 Å². The summed E-state index contributed by atoms with van der Waals surface area (Å²) in [7, 11) is 0. The van der Waals surface area contributed by atoms with Crippen molar-refractivity contribution in [2.24, 2.45) is 0 Å². The molecule has 15 heavy (non-hydrogen) atoms. The molecule has 2 rings (SSSR count). The van der Waals surface area contributed by atoms with E-state index in [0.29, 0.717) is 11.9 Å². The zero-order valence-corrected chi connectivity index (χ0v) is 8.49. The molecule has 1 fully saturated rings. The maximum atomic E-state index is 12.6. The maximum Gasteiger partial charge on any atom is 0.141 e. The highest BCUT2D eigenvalue weighted by atomic mass is 19.1. The molecule has 0 amide bonds. The minimum absolute atomic E-state index is 0.149. The van der Waals surface area contributed by atoms with E-state index in [2.05, 4.69) is 10.3 Å². The fraction of sp³-hybridized carbons (Fsp3) is 0.545. The van der Waals surface area contributed by atoms with Gasteiger partial charge in [-0.25, -0.2) is 9.37 Å².